The van der Waals surface area contributed by atoms with Crippen LogP contribution < -0.4 is 5.32 Å². The molecule has 1 heterocycles. The van der Waals surface area contributed by atoms with Gasteiger partial charge in [0.1, 0.15) is 17.3 Å². The van der Waals surface area contributed by atoms with Gasteiger partial charge >= 0.3 is 0 Å². The van der Waals surface area contributed by atoms with Crippen LogP contribution in [0.15, 0.2) is 40.8 Å². The average molecular weight is 299 g/mol. The van der Waals surface area contributed by atoms with Crippen molar-refractivity contribution < 1.29 is 13.6 Å². The van der Waals surface area contributed by atoms with Crippen molar-refractivity contribution in [2.45, 2.75) is 26.2 Å². The summed E-state index contributed by atoms with van der Waals surface area (Å²) in [6, 6.07) is 8.12. The molecular weight excluding hydrogens is 281 g/mol. The lowest BCUT2D eigenvalue weighted by atomic mass is 10.2. The molecule has 0 radical (unpaired) electrons. The van der Waals surface area contributed by atoms with Crippen LogP contribution in [0.1, 0.15) is 36.3 Å². The minimum atomic E-state index is -0.376. The van der Waals surface area contributed by atoms with Crippen LogP contribution >= 0.6 is 0 Å². The third kappa shape index (κ3) is 3.27. The molecule has 1 aliphatic carbocycles. The smallest absolute Gasteiger partial charge is 0.248 e. The summed E-state index contributed by atoms with van der Waals surface area (Å²) in [5, 5.41) is 2.66. The van der Waals surface area contributed by atoms with Gasteiger partial charge in [-0.3, -0.25) is 4.79 Å². The molecule has 1 N–H and O–H groups in total. The first-order chi connectivity index (χ1) is 10.5. The van der Waals surface area contributed by atoms with E-state index in [4.69, 9.17) is 4.42 Å². The molecule has 1 saturated carbocycles. The number of halogens is 1. The average Bonchev–Trinajstić information content (AvgIpc) is 3.02. The molecule has 22 heavy (non-hydrogen) atoms. The number of rotatable bonds is 4. The number of nitrogens with one attached hydrogen (secondary N) is 1. The number of hydrogen-bond acceptors (Lipinski definition) is 2. The van der Waals surface area contributed by atoms with Gasteiger partial charge in [0.25, 0.3) is 0 Å². The van der Waals surface area contributed by atoms with Crippen LogP contribution in [-0.2, 0) is 4.79 Å². The maximum absolute atomic E-state index is 13.2. The first-order valence-corrected chi connectivity index (χ1v) is 7.38. The van der Waals surface area contributed by atoms with E-state index in [0.717, 1.165) is 17.7 Å². The summed E-state index contributed by atoms with van der Waals surface area (Å²) in [4.78, 5) is 11.9. The second-order valence-corrected chi connectivity index (χ2v) is 5.84. The fourth-order valence-corrected chi connectivity index (χ4v) is 2.44. The third-order valence-electron chi connectivity index (χ3n) is 3.98. The molecule has 2 aromatic rings. The number of furan rings is 1. The second kappa shape index (κ2) is 5.79. The molecule has 0 spiro atoms. The monoisotopic (exact) mass is 299 g/mol. The van der Waals surface area contributed by atoms with E-state index in [1.54, 1.807) is 12.1 Å². The molecule has 1 aliphatic rings. The number of anilines is 1. The highest BCUT2D eigenvalue weighted by atomic mass is 19.1. The van der Waals surface area contributed by atoms with E-state index in [-0.39, 0.29) is 11.7 Å². The highest BCUT2D eigenvalue weighted by Crippen LogP contribution is 2.47. The summed E-state index contributed by atoms with van der Waals surface area (Å²) in [5.41, 5.74) is 1.28. The molecule has 1 amide bonds. The quantitative estimate of drug-likeness (QED) is 0.844. The van der Waals surface area contributed by atoms with Gasteiger partial charge in [0.05, 0.1) is 0 Å². The van der Waals surface area contributed by atoms with Crippen LogP contribution in [0, 0.1) is 18.7 Å². The molecule has 114 valence electrons. The lowest BCUT2D eigenvalue weighted by molar-refractivity contribution is -0.111. The molecule has 3 nitrogen and oxygen atoms in total. The zero-order valence-corrected chi connectivity index (χ0v) is 12.6. The Labute approximate surface area is 128 Å². The van der Waals surface area contributed by atoms with Gasteiger partial charge in [-0.15, -0.1) is 0 Å². The largest absolute Gasteiger partial charge is 0.461 e. The van der Waals surface area contributed by atoms with Gasteiger partial charge in [0.15, 0.2) is 0 Å². The van der Waals surface area contributed by atoms with Crippen molar-refractivity contribution in [1.82, 2.24) is 0 Å². The second-order valence-electron chi connectivity index (χ2n) is 5.84. The normalized spacial score (nSPS) is 20.3. The summed E-state index contributed by atoms with van der Waals surface area (Å²) in [5.74, 6) is 2.15. The molecule has 1 aromatic carbocycles. The Hall–Kier alpha value is -2.36. The topological polar surface area (TPSA) is 42.2 Å². The van der Waals surface area contributed by atoms with Gasteiger partial charge in [-0.05, 0) is 55.2 Å². The molecule has 0 aliphatic heterocycles. The Bertz CT molecular complexity index is 732. The molecule has 1 aromatic heterocycles. The summed E-state index contributed by atoms with van der Waals surface area (Å²) < 4.78 is 18.9. The number of carbonyl (C=O) groups excluding carboxylic acids is 1. The maximum Gasteiger partial charge on any atom is 0.248 e. The SMILES string of the molecule is Cc1ccc(F)cc1NC(=O)/C=C/c1ccc([C@@H]2C[C@H]2C)o1. The Morgan fingerprint density at radius 3 is 2.86 bits per heavy atom. The molecule has 0 saturated heterocycles. The summed E-state index contributed by atoms with van der Waals surface area (Å²) in [6.07, 6.45) is 4.18. The van der Waals surface area contributed by atoms with E-state index in [9.17, 15) is 9.18 Å². The zero-order valence-electron chi connectivity index (χ0n) is 12.6. The Kier molecular flexibility index (Phi) is 3.84. The van der Waals surface area contributed by atoms with Crippen molar-refractivity contribution in [2.75, 3.05) is 5.32 Å². The van der Waals surface area contributed by atoms with Gasteiger partial charge < -0.3 is 9.73 Å². The molecule has 2 atom stereocenters. The minimum absolute atomic E-state index is 0.313. The van der Waals surface area contributed by atoms with Crippen LogP contribution in [0.25, 0.3) is 6.08 Å². The highest BCUT2D eigenvalue weighted by Gasteiger charge is 2.36. The van der Waals surface area contributed by atoms with Crippen LogP contribution in [0.4, 0.5) is 10.1 Å². The molecule has 4 heteroatoms. The molecular formula is C18H18FNO2. The Morgan fingerprint density at radius 2 is 2.14 bits per heavy atom. The van der Waals surface area contributed by atoms with Crippen LogP contribution in [-0.4, -0.2) is 5.91 Å². The van der Waals surface area contributed by atoms with E-state index in [2.05, 4.69) is 12.2 Å². The van der Waals surface area contributed by atoms with E-state index >= 15 is 0 Å². The zero-order chi connectivity index (χ0) is 15.7. The number of carbonyl (C=O) groups is 1. The molecule has 0 bridgehead atoms. The van der Waals surface area contributed by atoms with Crippen LogP contribution in [0.2, 0.25) is 0 Å². The fourth-order valence-electron chi connectivity index (χ4n) is 2.44. The van der Waals surface area contributed by atoms with Crippen molar-refractivity contribution in [2.24, 2.45) is 5.92 Å². The van der Waals surface area contributed by atoms with Crippen molar-refractivity contribution in [3.63, 3.8) is 0 Å². The molecule has 3 rings (SSSR count). The maximum atomic E-state index is 13.2. The predicted octanol–water partition coefficient (Wildman–Crippen LogP) is 4.50. The van der Waals surface area contributed by atoms with E-state index in [0.29, 0.717) is 23.3 Å². The van der Waals surface area contributed by atoms with Crippen molar-refractivity contribution in [1.29, 1.82) is 0 Å². The fraction of sp³-hybridized carbons (Fsp3) is 0.278. The summed E-state index contributed by atoms with van der Waals surface area (Å²) in [7, 11) is 0. The summed E-state index contributed by atoms with van der Waals surface area (Å²) >= 11 is 0. The minimum Gasteiger partial charge on any atom is -0.461 e. The lowest BCUT2D eigenvalue weighted by Gasteiger charge is -2.05. The van der Waals surface area contributed by atoms with Gasteiger partial charge in [0.2, 0.25) is 5.91 Å². The van der Waals surface area contributed by atoms with Crippen LogP contribution in [0.3, 0.4) is 0 Å². The van der Waals surface area contributed by atoms with E-state index in [1.165, 1.54) is 18.2 Å². The number of benzene rings is 1. The third-order valence-corrected chi connectivity index (χ3v) is 3.98. The Balaban J connectivity index is 1.63. The first kappa shape index (κ1) is 14.6. The highest BCUT2D eigenvalue weighted by molar-refractivity contribution is 6.02. The first-order valence-electron chi connectivity index (χ1n) is 7.38. The predicted molar refractivity (Wildman–Crippen MR) is 84.0 cm³/mol. The number of aryl methyl sites for hydroxylation is 1. The number of amides is 1. The van der Waals surface area contributed by atoms with Gasteiger partial charge in [-0.25, -0.2) is 4.39 Å². The Morgan fingerprint density at radius 1 is 1.36 bits per heavy atom. The molecule has 1 fully saturated rings. The lowest BCUT2D eigenvalue weighted by Crippen LogP contribution is -2.09. The van der Waals surface area contributed by atoms with E-state index in [1.807, 2.05) is 19.1 Å². The van der Waals surface area contributed by atoms with Crippen molar-refractivity contribution >= 4 is 17.7 Å². The van der Waals surface area contributed by atoms with Gasteiger partial charge in [0, 0.05) is 17.7 Å². The molecule has 0 unspecified atom stereocenters. The van der Waals surface area contributed by atoms with Crippen molar-refractivity contribution in [3.05, 3.63) is 59.3 Å². The van der Waals surface area contributed by atoms with Crippen LogP contribution in [0.5, 0.6) is 0 Å². The van der Waals surface area contributed by atoms with Gasteiger partial charge in [-0.2, -0.15) is 0 Å². The standard InChI is InChI=1S/C18H18FNO2/c1-11-3-4-13(19)10-16(11)20-18(21)8-6-14-5-7-17(22-14)15-9-12(15)2/h3-8,10,12,15H,9H2,1-2H3,(H,20,21)/b8-6+/t12-,15-/m1/s1. The summed E-state index contributed by atoms with van der Waals surface area (Å²) in [6.45, 7) is 4.01. The van der Waals surface area contributed by atoms with E-state index < -0.39 is 0 Å². The number of hydrogen-bond donors (Lipinski definition) is 1. The van der Waals surface area contributed by atoms with Crippen molar-refractivity contribution in [3.8, 4) is 0 Å². The van der Waals surface area contributed by atoms with Gasteiger partial charge in [-0.1, -0.05) is 13.0 Å².